The number of aryl methyl sites for hydroxylation is 4. The van der Waals surface area contributed by atoms with E-state index in [0.29, 0.717) is 0 Å². The van der Waals surface area contributed by atoms with Gasteiger partial charge >= 0.3 is 0 Å². The zero-order chi connectivity index (χ0) is 20.7. The summed E-state index contributed by atoms with van der Waals surface area (Å²) in [5, 5.41) is 5.00. The van der Waals surface area contributed by atoms with Crippen molar-refractivity contribution >= 4 is 44.9 Å². The smallest absolute Gasteiger partial charge is 0.237 e. The molecule has 29 heavy (non-hydrogen) atoms. The van der Waals surface area contributed by atoms with Crippen LogP contribution in [0.4, 0.5) is 5.69 Å². The summed E-state index contributed by atoms with van der Waals surface area (Å²) in [7, 11) is 0. The lowest BCUT2D eigenvalue weighted by atomic mass is 9.89. The molecule has 4 rings (SSSR count). The van der Waals surface area contributed by atoms with Crippen molar-refractivity contribution in [1.82, 2.24) is 9.97 Å². The lowest BCUT2D eigenvalue weighted by Gasteiger charge is -2.19. The predicted octanol–water partition coefficient (Wildman–Crippen LogP) is 5.86. The average molecular weight is 426 g/mol. The minimum absolute atomic E-state index is 0.00883. The number of thioether (sulfide) groups is 1. The van der Waals surface area contributed by atoms with Crippen molar-refractivity contribution < 1.29 is 4.79 Å². The molecular formula is C23H27N3OS2. The minimum atomic E-state index is -0.244. The first kappa shape index (κ1) is 20.4. The van der Waals surface area contributed by atoms with Crippen LogP contribution in [0.25, 0.3) is 10.2 Å². The molecule has 3 aromatic rings. The number of hydrogen-bond donors (Lipinski definition) is 1. The first-order valence-corrected chi connectivity index (χ1v) is 11.8. The van der Waals surface area contributed by atoms with E-state index >= 15 is 0 Å². The third kappa shape index (κ3) is 4.05. The number of nitrogens with zero attached hydrogens (tertiary/aromatic N) is 2. The van der Waals surface area contributed by atoms with Gasteiger partial charge in [0, 0.05) is 16.0 Å². The van der Waals surface area contributed by atoms with Gasteiger partial charge < -0.3 is 5.32 Å². The monoisotopic (exact) mass is 425 g/mol. The van der Waals surface area contributed by atoms with Gasteiger partial charge in [0.1, 0.15) is 16.2 Å². The summed E-state index contributed by atoms with van der Waals surface area (Å²) < 4.78 is 0. The van der Waals surface area contributed by atoms with E-state index in [0.717, 1.165) is 45.4 Å². The molecule has 2 aromatic heterocycles. The molecule has 0 unspecified atom stereocenters. The van der Waals surface area contributed by atoms with Gasteiger partial charge in [0.25, 0.3) is 0 Å². The number of rotatable bonds is 4. The second-order valence-electron chi connectivity index (χ2n) is 8.23. The van der Waals surface area contributed by atoms with E-state index in [4.69, 9.17) is 0 Å². The second-order valence-corrected chi connectivity index (χ2v) is 10.6. The lowest BCUT2D eigenvalue weighted by Crippen LogP contribution is -2.23. The fraction of sp³-hybridized carbons (Fsp3) is 0.435. The number of amides is 1. The van der Waals surface area contributed by atoms with Crippen molar-refractivity contribution in [3.63, 3.8) is 0 Å². The number of nitrogens with one attached hydrogen (secondary N) is 1. The Morgan fingerprint density at radius 1 is 1.24 bits per heavy atom. The Morgan fingerprint density at radius 3 is 2.69 bits per heavy atom. The highest BCUT2D eigenvalue weighted by molar-refractivity contribution is 8.00. The number of thiophene rings is 1. The molecule has 1 aromatic carbocycles. The van der Waals surface area contributed by atoms with E-state index in [2.05, 4.69) is 41.3 Å². The lowest BCUT2D eigenvalue weighted by molar-refractivity contribution is -0.115. The number of carbonyl (C=O) groups is 1. The number of carbonyl (C=O) groups excluding carboxylic acids is 1. The van der Waals surface area contributed by atoms with Crippen molar-refractivity contribution in [2.75, 3.05) is 5.32 Å². The van der Waals surface area contributed by atoms with E-state index in [1.807, 2.05) is 20.8 Å². The molecule has 2 heterocycles. The topological polar surface area (TPSA) is 54.9 Å². The van der Waals surface area contributed by atoms with Crippen LogP contribution in [0.5, 0.6) is 0 Å². The molecular weight excluding hydrogens is 398 g/mol. The quantitative estimate of drug-likeness (QED) is 0.420. The Morgan fingerprint density at radius 2 is 1.97 bits per heavy atom. The fourth-order valence-corrected chi connectivity index (χ4v) is 6.52. The van der Waals surface area contributed by atoms with Gasteiger partial charge in [0.05, 0.1) is 5.25 Å². The summed E-state index contributed by atoms with van der Waals surface area (Å²) in [6, 6.07) is 4.21. The van der Waals surface area contributed by atoms with E-state index < -0.39 is 0 Å². The van der Waals surface area contributed by atoms with Gasteiger partial charge in [0.2, 0.25) is 5.91 Å². The summed E-state index contributed by atoms with van der Waals surface area (Å²) in [5.74, 6) is 0.736. The Labute approximate surface area is 180 Å². The van der Waals surface area contributed by atoms with Crippen molar-refractivity contribution in [1.29, 1.82) is 0 Å². The molecule has 0 fully saturated rings. The second kappa shape index (κ2) is 8.07. The van der Waals surface area contributed by atoms with Gasteiger partial charge in [-0.3, -0.25) is 4.79 Å². The van der Waals surface area contributed by atoms with Crippen molar-refractivity contribution in [3.05, 3.63) is 45.6 Å². The summed E-state index contributed by atoms with van der Waals surface area (Å²) >= 11 is 3.33. The first-order valence-electron chi connectivity index (χ1n) is 10.1. The third-order valence-corrected chi connectivity index (χ3v) is 7.90. The zero-order valence-corrected chi connectivity index (χ0v) is 19.3. The van der Waals surface area contributed by atoms with Crippen molar-refractivity contribution in [2.24, 2.45) is 5.92 Å². The van der Waals surface area contributed by atoms with Gasteiger partial charge in [-0.25, -0.2) is 9.97 Å². The number of aromatic nitrogens is 2. The van der Waals surface area contributed by atoms with E-state index in [1.165, 1.54) is 39.6 Å². The maximum Gasteiger partial charge on any atom is 0.237 e. The van der Waals surface area contributed by atoms with Gasteiger partial charge in [-0.05, 0) is 69.6 Å². The molecule has 2 atom stereocenters. The fourth-order valence-electron chi connectivity index (χ4n) is 4.16. The molecule has 1 aliphatic carbocycles. The number of anilines is 1. The summed E-state index contributed by atoms with van der Waals surface area (Å²) in [4.78, 5) is 24.5. The van der Waals surface area contributed by atoms with Crippen LogP contribution in [0, 0.1) is 26.7 Å². The van der Waals surface area contributed by atoms with Crippen molar-refractivity contribution in [2.45, 2.75) is 64.2 Å². The number of benzene rings is 1. The molecule has 0 saturated carbocycles. The Hall–Kier alpha value is -1.92. The predicted molar refractivity (Wildman–Crippen MR) is 123 cm³/mol. The highest BCUT2D eigenvalue weighted by Gasteiger charge is 2.25. The molecule has 1 aliphatic rings. The highest BCUT2D eigenvalue weighted by Crippen LogP contribution is 2.41. The maximum absolute atomic E-state index is 12.9. The molecule has 4 nitrogen and oxygen atoms in total. The summed E-state index contributed by atoms with van der Waals surface area (Å²) in [6.07, 6.45) is 5.05. The van der Waals surface area contributed by atoms with Gasteiger partial charge in [-0.15, -0.1) is 11.3 Å². The zero-order valence-electron chi connectivity index (χ0n) is 17.6. The molecule has 0 bridgehead atoms. The minimum Gasteiger partial charge on any atom is -0.325 e. The maximum atomic E-state index is 12.9. The van der Waals surface area contributed by atoms with Crippen LogP contribution in [0.15, 0.2) is 23.5 Å². The largest absolute Gasteiger partial charge is 0.325 e. The SMILES string of the molecule is Cc1cc(C)c(NC(=O)[C@@H](C)Sc2ncnc3sc4c(c23)CC[C@H](C)C4)c(C)c1. The van der Waals surface area contributed by atoms with Gasteiger partial charge in [-0.1, -0.05) is 36.4 Å². The number of fused-ring (bicyclic) bond motifs is 3. The van der Waals surface area contributed by atoms with E-state index in [9.17, 15) is 4.79 Å². The molecule has 0 saturated heterocycles. The molecule has 1 amide bonds. The molecule has 0 radical (unpaired) electrons. The van der Waals surface area contributed by atoms with Gasteiger partial charge in [-0.2, -0.15) is 0 Å². The third-order valence-electron chi connectivity index (χ3n) is 5.64. The first-order chi connectivity index (χ1) is 13.8. The van der Waals surface area contributed by atoms with Crippen LogP contribution in [0.1, 0.15) is 47.4 Å². The molecule has 6 heteroatoms. The van der Waals surface area contributed by atoms with Crippen molar-refractivity contribution in [3.8, 4) is 0 Å². The standard InChI is InChI=1S/C23H27N3OS2/c1-12-6-7-17-18(10-12)29-23-19(17)22(24-11-25-23)28-16(5)21(27)26-20-14(3)8-13(2)9-15(20)4/h8-9,11-12,16H,6-7,10H2,1-5H3,(H,26,27)/t12-,16+/m0/s1. The van der Waals surface area contributed by atoms with Crippen LogP contribution < -0.4 is 5.32 Å². The Bertz CT molecular complexity index is 1070. The van der Waals surface area contributed by atoms with Crippen LogP contribution in [0.3, 0.4) is 0 Å². The van der Waals surface area contributed by atoms with Crippen LogP contribution in [-0.4, -0.2) is 21.1 Å². The van der Waals surface area contributed by atoms with E-state index in [1.54, 1.807) is 17.7 Å². The van der Waals surface area contributed by atoms with Crippen LogP contribution >= 0.6 is 23.1 Å². The molecule has 1 N–H and O–H groups in total. The summed E-state index contributed by atoms with van der Waals surface area (Å²) in [6.45, 7) is 10.4. The highest BCUT2D eigenvalue weighted by atomic mass is 32.2. The normalized spacial score (nSPS) is 17.2. The van der Waals surface area contributed by atoms with Crippen LogP contribution in [-0.2, 0) is 17.6 Å². The molecule has 152 valence electrons. The van der Waals surface area contributed by atoms with Crippen LogP contribution in [0.2, 0.25) is 0 Å². The number of hydrogen-bond acceptors (Lipinski definition) is 5. The molecule has 0 spiro atoms. The Kier molecular flexibility index (Phi) is 5.67. The van der Waals surface area contributed by atoms with E-state index in [-0.39, 0.29) is 11.2 Å². The summed E-state index contributed by atoms with van der Waals surface area (Å²) in [5.41, 5.74) is 5.73. The average Bonchev–Trinajstić information content (AvgIpc) is 3.02. The van der Waals surface area contributed by atoms with Gasteiger partial charge in [0.15, 0.2) is 0 Å². The molecule has 0 aliphatic heterocycles. The Balaban J connectivity index is 1.58.